The van der Waals surface area contributed by atoms with Crippen LogP contribution in [0.4, 0.5) is 0 Å². The number of ether oxygens (including phenoxy) is 2. The van der Waals surface area contributed by atoms with Crippen molar-refractivity contribution in [3.05, 3.63) is 42.2 Å². The molecule has 0 atom stereocenters. The van der Waals surface area contributed by atoms with Crippen molar-refractivity contribution in [2.75, 3.05) is 6.79 Å². The molecule has 0 aliphatic rings. The van der Waals surface area contributed by atoms with Crippen LogP contribution in [0.15, 0.2) is 36.6 Å². The van der Waals surface area contributed by atoms with Crippen molar-refractivity contribution < 1.29 is 19.4 Å². The van der Waals surface area contributed by atoms with E-state index in [1.807, 2.05) is 0 Å². The second-order valence-corrected chi connectivity index (χ2v) is 4.52. The average Bonchev–Trinajstić information content (AvgIpc) is 2.27. The summed E-state index contributed by atoms with van der Waals surface area (Å²) in [5.41, 5.74) is -0.929. The molecule has 4 heteroatoms. The molecule has 0 aromatic heterocycles. The second kappa shape index (κ2) is 5.69. The molecule has 0 aliphatic heterocycles. The van der Waals surface area contributed by atoms with Crippen LogP contribution in [0, 0.1) is 0 Å². The highest BCUT2D eigenvalue weighted by Crippen LogP contribution is 2.17. The fourth-order valence-corrected chi connectivity index (χ4v) is 1.25. The van der Waals surface area contributed by atoms with Crippen molar-refractivity contribution in [2.45, 2.75) is 26.4 Å². The number of Topliss-reactive ketones (excluding diaryl/α,β-unsaturated/α-hetero) is 1. The Labute approximate surface area is 107 Å². The molecule has 0 fully saturated rings. The standard InChI is InChI=1S/C14H18O4/c1-10(2)17-9-18-12-7-5-11(6-8-12)13(15)14(3,4)16/h5-8,16H,1,9H2,2-4H3. The van der Waals surface area contributed by atoms with Gasteiger partial charge in [-0.05, 0) is 45.0 Å². The van der Waals surface area contributed by atoms with Crippen LogP contribution in [0.2, 0.25) is 0 Å². The van der Waals surface area contributed by atoms with E-state index in [9.17, 15) is 9.90 Å². The number of carbonyl (C=O) groups excluding carboxylic acids is 1. The van der Waals surface area contributed by atoms with Gasteiger partial charge < -0.3 is 14.6 Å². The van der Waals surface area contributed by atoms with Gasteiger partial charge in [-0.3, -0.25) is 4.79 Å². The molecule has 0 radical (unpaired) electrons. The number of ketones is 1. The van der Waals surface area contributed by atoms with Crippen molar-refractivity contribution in [1.29, 1.82) is 0 Å². The van der Waals surface area contributed by atoms with Crippen LogP contribution in [0.5, 0.6) is 5.75 Å². The maximum Gasteiger partial charge on any atom is 0.230 e. The number of benzene rings is 1. The first-order valence-electron chi connectivity index (χ1n) is 5.59. The Hall–Kier alpha value is -1.81. The van der Waals surface area contributed by atoms with Gasteiger partial charge in [0.25, 0.3) is 0 Å². The molecule has 18 heavy (non-hydrogen) atoms. The molecule has 0 unspecified atom stereocenters. The van der Waals surface area contributed by atoms with Gasteiger partial charge in [-0.25, -0.2) is 0 Å². The van der Waals surface area contributed by atoms with Crippen molar-refractivity contribution in [3.63, 3.8) is 0 Å². The molecule has 0 aliphatic carbocycles. The Balaban J connectivity index is 2.63. The van der Waals surface area contributed by atoms with Gasteiger partial charge in [0.2, 0.25) is 6.79 Å². The number of rotatable bonds is 6. The highest BCUT2D eigenvalue weighted by molar-refractivity contribution is 6.01. The lowest BCUT2D eigenvalue weighted by Gasteiger charge is -2.15. The Morgan fingerprint density at radius 1 is 1.33 bits per heavy atom. The van der Waals surface area contributed by atoms with E-state index < -0.39 is 5.60 Å². The predicted octanol–water partition coefficient (Wildman–Crippen LogP) is 2.53. The first kappa shape index (κ1) is 14.3. The first-order valence-corrected chi connectivity index (χ1v) is 5.59. The van der Waals surface area contributed by atoms with Gasteiger partial charge in [-0.15, -0.1) is 0 Å². The van der Waals surface area contributed by atoms with Crippen LogP contribution in [-0.4, -0.2) is 23.3 Å². The van der Waals surface area contributed by atoms with Crippen molar-refractivity contribution in [3.8, 4) is 5.75 Å². The van der Waals surface area contributed by atoms with Gasteiger partial charge in [0.1, 0.15) is 11.4 Å². The topological polar surface area (TPSA) is 55.8 Å². The van der Waals surface area contributed by atoms with Crippen molar-refractivity contribution in [1.82, 2.24) is 0 Å². The molecular weight excluding hydrogens is 232 g/mol. The lowest BCUT2D eigenvalue weighted by atomic mass is 9.97. The summed E-state index contributed by atoms with van der Waals surface area (Å²) in [5.74, 6) is 0.833. The molecule has 0 saturated carbocycles. The quantitative estimate of drug-likeness (QED) is 0.479. The number of hydrogen-bond donors (Lipinski definition) is 1. The zero-order valence-electron chi connectivity index (χ0n) is 10.9. The molecule has 0 saturated heterocycles. The minimum atomic E-state index is -1.37. The molecular formula is C14H18O4. The molecule has 1 N–H and O–H groups in total. The number of carbonyl (C=O) groups is 1. The molecule has 0 amide bonds. The van der Waals surface area contributed by atoms with Gasteiger partial charge >= 0.3 is 0 Å². The number of allylic oxidation sites excluding steroid dienone is 1. The number of aliphatic hydroxyl groups is 1. The second-order valence-electron chi connectivity index (χ2n) is 4.52. The molecule has 0 heterocycles. The minimum absolute atomic E-state index is 0.0775. The maximum absolute atomic E-state index is 11.8. The smallest absolute Gasteiger partial charge is 0.230 e. The summed E-state index contributed by atoms with van der Waals surface area (Å²) in [6.45, 7) is 8.30. The van der Waals surface area contributed by atoms with E-state index in [0.717, 1.165) is 0 Å². The summed E-state index contributed by atoms with van der Waals surface area (Å²) in [7, 11) is 0. The summed E-state index contributed by atoms with van der Waals surface area (Å²) in [6.07, 6.45) is 0. The largest absolute Gasteiger partial charge is 0.463 e. The molecule has 4 nitrogen and oxygen atoms in total. The summed E-state index contributed by atoms with van der Waals surface area (Å²) >= 11 is 0. The van der Waals surface area contributed by atoms with E-state index in [1.54, 1.807) is 31.2 Å². The van der Waals surface area contributed by atoms with Gasteiger partial charge in [0, 0.05) is 5.56 Å². The van der Waals surface area contributed by atoms with Crippen LogP contribution < -0.4 is 4.74 Å². The molecule has 1 aromatic rings. The van der Waals surface area contributed by atoms with Crippen LogP contribution in [0.25, 0.3) is 0 Å². The SMILES string of the molecule is C=C(C)OCOc1ccc(C(=O)C(C)(C)O)cc1. The van der Waals surface area contributed by atoms with E-state index in [0.29, 0.717) is 17.1 Å². The third-order valence-corrected chi connectivity index (χ3v) is 2.20. The minimum Gasteiger partial charge on any atom is -0.463 e. The Bertz CT molecular complexity index is 426. The molecule has 0 bridgehead atoms. The Kier molecular flexibility index (Phi) is 4.50. The van der Waals surface area contributed by atoms with Crippen LogP contribution in [-0.2, 0) is 4.74 Å². The van der Waals surface area contributed by atoms with E-state index in [4.69, 9.17) is 9.47 Å². The fraction of sp³-hybridized carbons (Fsp3) is 0.357. The normalized spacial score (nSPS) is 10.9. The first-order chi connectivity index (χ1) is 8.30. The summed E-state index contributed by atoms with van der Waals surface area (Å²) in [4.78, 5) is 11.8. The van der Waals surface area contributed by atoms with Gasteiger partial charge in [-0.2, -0.15) is 0 Å². The highest BCUT2D eigenvalue weighted by atomic mass is 16.7. The van der Waals surface area contributed by atoms with E-state index >= 15 is 0 Å². The highest BCUT2D eigenvalue weighted by Gasteiger charge is 2.24. The molecule has 0 spiro atoms. The zero-order valence-corrected chi connectivity index (χ0v) is 10.9. The summed E-state index contributed by atoms with van der Waals surface area (Å²) in [6, 6.07) is 6.52. The van der Waals surface area contributed by atoms with Crippen LogP contribution in [0.3, 0.4) is 0 Å². The Morgan fingerprint density at radius 2 is 1.89 bits per heavy atom. The van der Waals surface area contributed by atoms with Gasteiger partial charge in [0.15, 0.2) is 5.78 Å². The average molecular weight is 250 g/mol. The molecule has 1 aromatic carbocycles. The molecule has 98 valence electrons. The third-order valence-electron chi connectivity index (χ3n) is 2.20. The van der Waals surface area contributed by atoms with Crippen molar-refractivity contribution in [2.24, 2.45) is 0 Å². The van der Waals surface area contributed by atoms with E-state index in [-0.39, 0.29) is 12.6 Å². The summed E-state index contributed by atoms with van der Waals surface area (Å²) in [5, 5.41) is 9.60. The van der Waals surface area contributed by atoms with Crippen LogP contribution >= 0.6 is 0 Å². The fourth-order valence-electron chi connectivity index (χ4n) is 1.25. The van der Waals surface area contributed by atoms with Crippen LogP contribution in [0.1, 0.15) is 31.1 Å². The zero-order chi connectivity index (χ0) is 13.8. The molecule has 1 rings (SSSR count). The third kappa shape index (κ3) is 4.22. The predicted molar refractivity (Wildman–Crippen MR) is 68.5 cm³/mol. The lowest BCUT2D eigenvalue weighted by Crippen LogP contribution is -2.30. The van der Waals surface area contributed by atoms with E-state index in [2.05, 4.69) is 6.58 Å². The maximum atomic E-state index is 11.8. The monoisotopic (exact) mass is 250 g/mol. The Morgan fingerprint density at radius 3 is 2.33 bits per heavy atom. The number of hydrogen-bond acceptors (Lipinski definition) is 4. The lowest BCUT2D eigenvalue weighted by molar-refractivity contribution is 0.0487. The summed E-state index contributed by atoms with van der Waals surface area (Å²) < 4.78 is 10.3. The van der Waals surface area contributed by atoms with Crippen molar-refractivity contribution >= 4 is 5.78 Å². The van der Waals surface area contributed by atoms with E-state index in [1.165, 1.54) is 13.8 Å². The van der Waals surface area contributed by atoms with Gasteiger partial charge in [-0.1, -0.05) is 6.58 Å². The van der Waals surface area contributed by atoms with Gasteiger partial charge in [0.05, 0.1) is 5.76 Å².